The summed E-state index contributed by atoms with van der Waals surface area (Å²) in [5.41, 5.74) is 2.19. The van der Waals surface area contributed by atoms with E-state index >= 15 is 0 Å². The molecule has 0 aromatic carbocycles. The molecule has 4 rings (SSSR count). The van der Waals surface area contributed by atoms with E-state index < -0.39 is 0 Å². The predicted molar refractivity (Wildman–Crippen MR) is 84.4 cm³/mol. The Morgan fingerprint density at radius 2 is 2.35 bits per heavy atom. The highest BCUT2D eigenvalue weighted by atomic mass is 32.1. The number of aromatic nitrogens is 6. The van der Waals surface area contributed by atoms with Gasteiger partial charge < -0.3 is 4.74 Å². The summed E-state index contributed by atoms with van der Waals surface area (Å²) in [5, 5.41) is 12.0. The van der Waals surface area contributed by atoms with Gasteiger partial charge in [-0.05, 0) is 25.5 Å². The Morgan fingerprint density at radius 3 is 3.09 bits per heavy atom. The number of aromatic amines is 1. The number of rotatable bonds is 3. The highest BCUT2D eigenvalue weighted by Gasteiger charge is 2.21. The van der Waals surface area contributed by atoms with Gasteiger partial charge in [0, 0.05) is 6.20 Å². The molecule has 1 N–H and O–H groups in total. The monoisotopic (exact) mass is 328 g/mol. The van der Waals surface area contributed by atoms with E-state index in [2.05, 4.69) is 25.3 Å². The molecule has 4 aromatic heterocycles. The number of nitrogens with one attached hydrogen (secondary N) is 1. The molecule has 8 nitrogen and oxygen atoms in total. The lowest BCUT2D eigenvalue weighted by Gasteiger charge is -1.99. The highest BCUT2D eigenvalue weighted by molar-refractivity contribution is 7.20. The van der Waals surface area contributed by atoms with Crippen molar-refractivity contribution in [2.75, 3.05) is 6.61 Å². The van der Waals surface area contributed by atoms with Crippen LogP contribution in [0.1, 0.15) is 22.2 Å². The fourth-order valence-corrected chi connectivity index (χ4v) is 3.46. The van der Waals surface area contributed by atoms with Gasteiger partial charge in [-0.3, -0.25) is 5.10 Å². The van der Waals surface area contributed by atoms with Gasteiger partial charge in [0.05, 0.1) is 12.0 Å². The van der Waals surface area contributed by atoms with E-state index in [0.717, 1.165) is 21.5 Å². The maximum absolute atomic E-state index is 12.1. The number of hydrogen-bond acceptors (Lipinski definition) is 7. The number of fused-ring (bicyclic) bond motifs is 3. The SMILES string of the molecule is CCOC(=O)c1sc2ncn3nc(-c4ccn[nH]4)nc3c2c1C. The lowest BCUT2D eigenvalue weighted by molar-refractivity contribution is 0.0531. The summed E-state index contributed by atoms with van der Waals surface area (Å²) < 4.78 is 6.71. The molecule has 0 saturated heterocycles. The van der Waals surface area contributed by atoms with Crippen LogP contribution in [0.4, 0.5) is 0 Å². The van der Waals surface area contributed by atoms with Crippen LogP contribution in [0.15, 0.2) is 18.6 Å². The number of carbonyl (C=O) groups excluding carboxylic acids is 1. The van der Waals surface area contributed by atoms with E-state index in [-0.39, 0.29) is 5.97 Å². The second-order valence-corrected chi connectivity index (χ2v) is 5.87. The van der Waals surface area contributed by atoms with Crippen LogP contribution in [0, 0.1) is 6.92 Å². The summed E-state index contributed by atoms with van der Waals surface area (Å²) in [5.74, 6) is 0.194. The first-order chi connectivity index (χ1) is 11.2. The Hall–Kier alpha value is -2.81. The van der Waals surface area contributed by atoms with Gasteiger partial charge in [-0.1, -0.05) is 0 Å². The van der Waals surface area contributed by atoms with Crippen molar-refractivity contribution >= 4 is 33.2 Å². The first kappa shape index (κ1) is 13.8. The van der Waals surface area contributed by atoms with Crippen LogP contribution in [0.25, 0.3) is 27.4 Å². The molecule has 0 atom stereocenters. The number of carbonyl (C=O) groups is 1. The van der Waals surface area contributed by atoms with Crippen LogP contribution < -0.4 is 0 Å². The van der Waals surface area contributed by atoms with Gasteiger partial charge in [-0.15, -0.1) is 16.4 Å². The molecule has 0 amide bonds. The zero-order valence-corrected chi connectivity index (χ0v) is 13.2. The molecule has 9 heteroatoms. The smallest absolute Gasteiger partial charge is 0.348 e. The van der Waals surface area contributed by atoms with Gasteiger partial charge >= 0.3 is 5.97 Å². The lowest BCUT2D eigenvalue weighted by atomic mass is 10.2. The fraction of sp³-hybridized carbons (Fsp3) is 0.214. The maximum Gasteiger partial charge on any atom is 0.348 e. The molecule has 0 unspecified atom stereocenters. The normalized spacial score (nSPS) is 11.4. The quantitative estimate of drug-likeness (QED) is 0.579. The Labute approximate surface area is 134 Å². The number of thiophene rings is 1. The first-order valence-electron chi connectivity index (χ1n) is 7.00. The van der Waals surface area contributed by atoms with Crippen LogP contribution in [-0.4, -0.2) is 42.4 Å². The Morgan fingerprint density at radius 1 is 1.48 bits per heavy atom. The summed E-state index contributed by atoms with van der Waals surface area (Å²) in [7, 11) is 0. The van der Waals surface area contributed by atoms with Crippen molar-refractivity contribution in [1.82, 2.24) is 29.8 Å². The highest BCUT2D eigenvalue weighted by Crippen LogP contribution is 2.32. The number of esters is 1. The van der Waals surface area contributed by atoms with Gasteiger partial charge in [0.1, 0.15) is 21.7 Å². The van der Waals surface area contributed by atoms with Gasteiger partial charge in [0.2, 0.25) is 0 Å². The minimum atomic E-state index is -0.334. The summed E-state index contributed by atoms with van der Waals surface area (Å²) in [6.07, 6.45) is 3.24. The topological polar surface area (TPSA) is 98.1 Å². The number of aryl methyl sites for hydroxylation is 1. The third kappa shape index (κ3) is 2.08. The zero-order chi connectivity index (χ0) is 16.0. The molecule has 0 aliphatic carbocycles. The largest absolute Gasteiger partial charge is 0.462 e. The number of nitrogens with zero attached hydrogens (tertiary/aromatic N) is 5. The second kappa shape index (κ2) is 5.13. The molecular formula is C14H12N6O2S. The Bertz CT molecular complexity index is 1020. The number of H-pyrrole nitrogens is 1. The van der Waals surface area contributed by atoms with Crippen molar-refractivity contribution in [3.05, 3.63) is 29.0 Å². The molecule has 0 aliphatic heterocycles. The van der Waals surface area contributed by atoms with Crippen molar-refractivity contribution in [3.8, 4) is 11.5 Å². The minimum Gasteiger partial charge on any atom is -0.462 e. The summed E-state index contributed by atoms with van der Waals surface area (Å²) in [6.45, 7) is 3.99. The van der Waals surface area contributed by atoms with Crippen molar-refractivity contribution in [1.29, 1.82) is 0 Å². The van der Waals surface area contributed by atoms with Crippen LogP contribution in [0.3, 0.4) is 0 Å². The van der Waals surface area contributed by atoms with E-state index in [9.17, 15) is 4.79 Å². The minimum absolute atomic E-state index is 0.334. The van der Waals surface area contributed by atoms with E-state index in [4.69, 9.17) is 4.74 Å². The Balaban J connectivity index is 1.95. The van der Waals surface area contributed by atoms with Gasteiger partial charge in [-0.25, -0.2) is 19.3 Å². The molecule has 0 fully saturated rings. The standard InChI is InChI=1S/C14H12N6O2S/c1-3-22-14(21)10-7(2)9-12-17-11(8-4-5-16-18-8)19-20(12)6-15-13(9)23-10/h4-6H,3H2,1-2H3,(H,16,18). The summed E-state index contributed by atoms with van der Waals surface area (Å²) >= 11 is 1.31. The average molecular weight is 328 g/mol. The zero-order valence-electron chi connectivity index (χ0n) is 12.4. The fourth-order valence-electron chi connectivity index (χ4n) is 2.42. The van der Waals surface area contributed by atoms with Gasteiger partial charge in [-0.2, -0.15) is 5.10 Å². The maximum atomic E-state index is 12.1. The number of hydrogen-bond donors (Lipinski definition) is 1. The molecule has 4 aromatic rings. The van der Waals surface area contributed by atoms with Gasteiger partial charge in [0.15, 0.2) is 11.5 Å². The lowest BCUT2D eigenvalue weighted by Crippen LogP contribution is -2.03. The second-order valence-electron chi connectivity index (χ2n) is 4.88. The molecule has 0 spiro atoms. The van der Waals surface area contributed by atoms with E-state index in [1.165, 1.54) is 11.3 Å². The van der Waals surface area contributed by atoms with Crippen LogP contribution >= 0.6 is 11.3 Å². The first-order valence-corrected chi connectivity index (χ1v) is 7.82. The molecule has 0 bridgehead atoms. The molecule has 23 heavy (non-hydrogen) atoms. The Kier molecular flexibility index (Phi) is 3.08. The van der Waals surface area contributed by atoms with Crippen molar-refractivity contribution in [2.45, 2.75) is 13.8 Å². The van der Waals surface area contributed by atoms with Gasteiger partial charge in [0.25, 0.3) is 0 Å². The molecule has 0 radical (unpaired) electrons. The summed E-state index contributed by atoms with van der Waals surface area (Å²) in [6, 6.07) is 1.80. The van der Waals surface area contributed by atoms with E-state index in [1.54, 1.807) is 30.0 Å². The van der Waals surface area contributed by atoms with Crippen LogP contribution in [0.2, 0.25) is 0 Å². The molecule has 4 heterocycles. The van der Waals surface area contributed by atoms with E-state index in [0.29, 0.717) is 23.0 Å². The predicted octanol–water partition coefficient (Wildman–Crippen LogP) is 2.21. The molecule has 116 valence electrons. The van der Waals surface area contributed by atoms with Crippen molar-refractivity contribution in [2.24, 2.45) is 0 Å². The van der Waals surface area contributed by atoms with E-state index in [1.807, 2.05) is 6.92 Å². The number of ether oxygens (including phenoxy) is 1. The van der Waals surface area contributed by atoms with Crippen LogP contribution in [-0.2, 0) is 4.74 Å². The molecule has 0 saturated carbocycles. The molecule has 0 aliphatic rings. The summed E-state index contributed by atoms with van der Waals surface area (Å²) in [4.78, 5) is 22.3. The van der Waals surface area contributed by atoms with Crippen molar-refractivity contribution < 1.29 is 9.53 Å². The van der Waals surface area contributed by atoms with Crippen molar-refractivity contribution in [3.63, 3.8) is 0 Å². The third-order valence-electron chi connectivity index (χ3n) is 3.47. The average Bonchev–Trinajstić information content (AvgIpc) is 3.24. The van der Waals surface area contributed by atoms with Crippen LogP contribution in [0.5, 0.6) is 0 Å². The third-order valence-corrected chi connectivity index (χ3v) is 4.65. The molecular weight excluding hydrogens is 316 g/mol.